The quantitative estimate of drug-likeness (QED) is 0.367. The van der Waals surface area contributed by atoms with Crippen LogP contribution in [0.25, 0.3) is 10.4 Å². The molecule has 0 aliphatic heterocycles. The molecule has 1 N–H and O–H groups in total. The third kappa shape index (κ3) is 5.21. The van der Waals surface area contributed by atoms with Gasteiger partial charge in [0.15, 0.2) is 0 Å². The molecule has 174 valence electrons. The molecule has 0 fully saturated rings. The number of carbonyl (C=O) groups excluding carboxylic acids is 2. The van der Waals surface area contributed by atoms with Crippen molar-refractivity contribution in [1.82, 2.24) is 15.1 Å². The smallest absolute Gasteiger partial charge is 0.253 e. The largest absolute Gasteiger partial charge is 0.345 e. The van der Waals surface area contributed by atoms with Crippen LogP contribution in [0.1, 0.15) is 33.6 Å². The summed E-state index contributed by atoms with van der Waals surface area (Å²) in [6, 6.07) is 17.8. The van der Waals surface area contributed by atoms with Crippen molar-refractivity contribution in [3.63, 3.8) is 0 Å². The van der Waals surface area contributed by atoms with Crippen molar-refractivity contribution in [2.75, 3.05) is 19.4 Å². The second-order valence-corrected chi connectivity index (χ2v) is 9.98. The molecular formula is C25H23FN4O2S2. The molecule has 0 aliphatic rings. The van der Waals surface area contributed by atoms with E-state index in [0.29, 0.717) is 10.7 Å². The lowest BCUT2D eigenvalue weighted by Gasteiger charge is -2.22. The summed E-state index contributed by atoms with van der Waals surface area (Å²) in [5, 5.41) is 10.9. The number of hydrogen-bond donors (Lipinski definition) is 1. The predicted molar refractivity (Wildman–Crippen MR) is 134 cm³/mol. The van der Waals surface area contributed by atoms with Gasteiger partial charge in [0.05, 0.1) is 0 Å². The first-order chi connectivity index (χ1) is 16.3. The second-order valence-electron chi connectivity index (χ2n) is 8.03. The van der Waals surface area contributed by atoms with Crippen LogP contribution in [0.3, 0.4) is 0 Å². The van der Waals surface area contributed by atoms with Crippen LogP contribution >= 0.6 is 22.7 Å². The molecule has 9 heteroatoms. The van der Waals surface area contributed by atoms with Crippen LogP contribution in [-0.2, 0) is 4.79 Å². The van der Waals surface area contributed by atoms with Gasteiger partial charge in [-0.05, 0) is 47.5 Å². The summed E-state index contributed by atoms with van der Waals surface area (Å²) in [4.78, 5) is 28.7. The Labute approximate surface area is 205 Å². The molecule has 6 nitrogen and oxygen atoms in total. The van der Waals surface area contributed by atoms with Gasteiger partial charge in [-0.25, -0.2) is 4.39 Å². The molecule has 1 unspecified atom stereocenters. The van der Waals surface area contributed by atoms with E-state index >= 15 is 0 Å². The van der Waals surface area contributed by atoms with Crippen molar-refractivity contribution in [2.24, 2.45) is 5.92 Å². The molecule has 2 amide bonds. The minimum Gasteiger partial charge on any atom is -0.345 e. The number of thiophene rings is 1. The second kappa shape index (κ2) is 10.2. The fourth-order valence-electron chi connectivity index (χ4n) is 3.71. The number of nitrogens with one attached hydrogen (secondary N) is 1. The molecule has 2 aromatic heterocycles. The number of halogens is 1. The molecule has 0 bridgehead atoms. The lowest BCUT2D eigenvalue weighted by molar-refractivity contribution is -0.119. The number of hydrogen-bond acceptors (Lipinski definition) is 6. The van der Waals surface area contributed by atoms with E-state index in [9.17, 15) is 14.0 Å². The monoisotopic (exact) mass is 494 g/mol. The molecule has 0 saturated heterocycles. The standard InChI is InChI=1S/C25H23FN4O2S2/c1-15(23(31)28-25-29-27-14-33-25)22(18-5-4-6-19(26)13-18)21-12-11-20(34-21)16-7-9-17(10-8-16)24(32)30(2)3/h4-15,22H,1-3H3,(H,28,29,31)/t15-,22?/m0/s1. The fraction of sp³-hybridized carbons (Fsp3) is 0.200. The zero-order chi connectivity index (χ0) is 24.2. The Kier molecular flexibility index (Phi) is 7.14. The third-order valence-corrected chi connectivity index (χ3v) is 7.29. The lowest BCUT2D eigenvalue weighted by atomic mass is 9.85. The Hall–Kier alpha value is -3.43. The van der Waals surface area contributed by atoms with Gasteiger partial charge in [-0.2, -0.15) is 0 Å². The zero-order valence-corrected chi connectivity index (χ0v) is 20.5. The summed E-state index contributed by atoms with van der Waals surface area (Å²) in [6.45, 7) is 1.83. The zero-order valence-electron chi connectivity index (χ0n) is 18.9. The van der Waals surface area contributed by atoms with Gasteiger partial charge in [0, 0.05) is 41.2 Å². The molecule has 2 heterocycles. The Morgan fingerprint density at radius 2 is 1.82 bits per heavy atom. The van der Waals surface area contributed by atoms with Crippen molar-refractivity contribution in [1.29, 1.82) is 0 Å². The van der Waals surface area contributed by atoms with Gasteiger partial charge in [-0.1, -0.05) is 42.5 Å². The molecule has 4 rings (SSSR count). The number of carbonyl (C=O) groups is 2. The van der Waals surface area contributed by atoms with Gasteiger partial charge >= 0.3 is 0 Å². The van der Waals surface area contributed by atoms with Crippen LogP contribution < -0.4 is 5.32 Å². The first kappa shape index (κ1) is 23.7. The van der Waals surface area contributed by atoms with Crippen LogP contribution in [0.2, 0.25) is 0 Å². The molecular weight excluding hydrogens is 471 g/mol. The highest BCUT2D eigenvalue weighted by atomic mass is 32.1. The van der Waals surface area contributed by atoms with Crippen molar-refractivity contribution in [3.8, 4) is 10.4 Å². The number of aromatic nitrogens is 2. The van der Waals surface area contributed by atoms with E-state index in [0.717, 1.165) is 20.9 Å². The number of rotatable bonds is 7. The summed E-state index contributed by atoms with van der Waals surface area (Å²) < 4.78 is 14.1. The summed E-state index contributed by atoms with van der Waals surface area (Å²) in [5.41, 5.74) is 3.86. The average molecular weight is 495 g/mol. The molecule has 0 saturated carbocycles. The summed E-state index contributed by atoms with van der Waals surface area (Å²) in [5.74, 6) is -1.46. The SMILES string of the molecule is C[C@H](C(=O)Nc1nncs1)C(c1cccc(F)c1)c1ccc(-c2ccc(C(=O)N(C)C)cc2)s1. The van der Waals surface area contributed by atoms with Crippen LogP contribution in [0, 0.1) is 11.7 Å². The number of benzene rings is 2. The van der Waals surface area contributed by atoms with E-state index in [1.165, 1.54) is 28.4 Å². The van der Waals surface area contributed by atoms with Crippen LogP contribution in [0.4, 0.5) is 9.52 Å². The number of nitrogens with zero attached hydrogens (tertiary/aromatic N) is 3. The Bertz CT molecular complexity index is 1290. The Morgan fingerprint density at radius 1 is 1.06 bits per heavy atom. The average Bonchev–Trinajstić information content (AvgIpc) is 3.51. The van der Waals surface area contributed by atoms with Gasteiger partial charge in [0.25, 0.3) is 5.91 Å². The van der Waals surface area contributed by atoms with Crippen molar-refractivity contribution in [2.45, 2.75) is 12.8 Å². The van der Waals surface area contributed by atoms with Gasteiger partial charge in [0.2, 0.25) is 11.0 Å². The maximum absolute atomic E-state index is 14.1. The first-order valence-electron chi connectivity index (χ1n) is 10.6. The maximum Gasteiger partial charge on any atom is 0.253 e. The fourth-order valence-corrected chi connectivity index (χ4v) is 5.40. The predicted octanol–water partition coefficient (Wildman–Crippen LogP) is 5.51. The van der Waals surface area contributed by atoms with Crippen molar-refractivity contribution in [3.05, 3.63) is 88.0 Å². The third-order valence-electron chi connectivity index (χ3n) is 5.47. The van der Waals surface area contributed by atoms with Gasteiger partial charge < -0.3 is 10.2 Å². The highest BCUT2D eigenvalue weighted by Gasteiger charge is 2.29. The van der Waals surface area contributed by atoms with E-state index in [1.54, 1.807) is 49.1 Å². The topological polar surface area (TPSA) is 75.2 Å². The summed E-state index contributed by atoms with van der Waals surface area (Å²) in [6.07, 6.45) is 0. The van der Waals surface area contributed by atoms with Gasteiger partial charge in [-0.15, -0.1) is 21.5 Å². The Morgan fingerprint density at radius 3 is 2.47 bits per heavy atom. The lowest BCUT2D eigenvalue weighted by Crippen LogP contribution is -2.26. The normalized spacial score (nSPS) is 12.7. The maximum atomic E-state index is 14.1. The number of anilines is 1. The van der Waals surface area contributed by atoms with E-state index < -0.39 is 5.92 Å². The highest BCUT2D eigenvalue weighted by molar-refractivity contribution is 7.15. The van der Waals surface area contributed by atoms with Crippen molar-refractivity contribution < 1.29 is 14.0 Å². The van der Waals surface area contributed by atoms with E-state index in [1.807, 2.05) is 37.3 Å². The minimum atomic E-state index is -0.489. The molecule has 34 heavy (non-hydrogen) atoms. The summed E-state index contributed by atoms with van der Waals surface area (Å²) >= 11 is 2.79. The molecule has 4 aromatic rings. The molecule has 0 spiro atoms. The summed E-state index contributed by atoms with van der Waals surface area (Å²) in [7, 11) is 3.44. The minimum absolute atomic E-state index is 0.0557. The van der Waals surface area contributed by atoms with Gasteiger partial charge in [0.1, 0.15) is 11.3 Å². The van der Waals surface area contributed by atoms with E-state index in [-0.39, 0.29) is 23.5 Å². The first-order valence-corrected chi connectivity index (χ1v) is 12.3. The molecule has 0 aliphatic carbocycles. The molecule has 2 aromatic carbocycles. The van der Waals surface area contributed by atoms with Crippen molar-refractivity contribution >= 4 is 39.6 Å². The van der Waals surface area contributed by atoms with E-state index in [2.05, 4.69) is 15.5 Å². The van der Waals surface area contributed by atoms with Crippen LogP contribution in [-0.4, -0.2) is 41.0 Å². The van der Waals surface area contributed by atoms with E-state index in [4.69, 9.17) is 0 Å². The molecule has 0 radical (unpaired) electrons. The number of amides is 2. The van der Waals surface area contributed by atoms with Crippen LogP contribution in [0.15, 0.2) is 66.2 Å². The highest BCUT2D eigenvalue weighted by Crippen LogP contribution is 2.40. The van der Waals surface area contributed by atoms with Crippen LogP contribution in [0.5, 0.6) is 0 Å². The molecule has 2 atom stereocenters. The Balaban J connectivity index is 1.65. The van der Waals surface area contributed by atoms with Gasteiger partial charge in [-0.3, -0.25) is 9.59 Å².